The van der Waals surface area contributed by atoms with Gasteiger partial charge in [0.15, 0.2) is 18.1 Å². The van der Waals surface area contributed by atoms with Crippen molar-refractivity contribution in [2.75, 3.05) is 11.9 Å². The second-order valence-corrected chi connectivity index (χ2v) is 6.70. The molecule has 4 aromatic rings. The van der Waals surface area contributed by atoms with E-state index in [1.54, 1.807) is 30.3 Å². The fourth-order valence-electron chi connectivity index (χ4n) is 3.11. The van der Waals surface area contributed by atoms with Crippen LogP contribution in [0.1, 0.15) is 16.1 Å². The lowest BCUT2D eigenvalue weighted by Gasteiger charge is -2.08. The van der Waals surface area contributed by atoms with Gasteiger partial charge in [0.05, 0.1) is 10.6 Å². The standard InChI is InChI=1S/C23H15FN2O6/c24-15-11-9-14(10-12-15)22(28)23-21(16-5-1-3-7-18(16)32-23)25-20(27)13-31-19-8-4-2-6-17(19)26(29)30/h1-12H,13H2,(H,25,27). The largest absolute Gasteiger partial charge is 0.477 e. The number of hydrogen-bond acceptors (Lipinski definition) is 6. The van der Waals surface area contributed by atoms with Gasteiger partial charge in [-0.25, -0.2) is 4.39 Å². The van der Waals surface area contributed by atoms with Gasteiger partial charge in [0, 0.05) is 17.0 Å². The molecule has 32 heavy (non-hydrogen) atoms. The molecule has 0 radical (unpaired) electrons. The van der Waals surface area contributed by atoms with E-state index in [1.165, 1.54) is 30.3 Å². The van der Waals surface area contributed by atoms with Gasteiger partial charge in [-0.3, -0.25) is 19.7 Å². The third-order valence-electron chi connectivity index (χ3n) is 4.59. The minimum atomic E-state index is -0.650. The van der Waals surface area contributed by atoms with Crippen LogP contribution in [0.5, 0.6) is 5.75 Å². The van der Waals surface area contributed by atoms with Gasteiger partial charge in [-0.2, -0.15) is 0 Å². The maximum atomic E-state index is 13.2. The van der Waals surface area contributed by atoms with Crippen molar-refractivity contribution in [1.82, 2.24) is 0 Å². The molecule has 0 saturated carbocycles. The van der Waals surface area contributed by atoms with Gasteiger partial charge < -0.3 is 14.5 Å². The van der Waals surface area contributed by atoms with Crippen molar-refractivity contribution in [2.45, 2.75) is 0 Å². The molecule has 0 aliphatic heterocycles. The maximum Gasteiger partial charge on any atom is 0.310 e. The van der Waals surface area contributed by atoms with E-state index < -0.39 is 29.0 Å². The smallest absolute Gasteiger partial charge is 0.310 e. The van der Waals surface area contributed by atoms with Crippen LogP contribution in [0.25, 0.3) is 11.0 Å². The summed E-state index contributed by atoms with van der Waals surface area (Å²) >= 11 is 0. The molecule has 8 nitrogen and oxygen atoms in total. The van der Waals surface area contributed by atoms with Gasteiger partial charge in [-0.1, -0.05) is 24.3 Å². The lowest BCUT2D eigenvalue weighted by atomic mass is 10.1. The summed E-state index contributed by atoms with van der Waals surface area (Å²) < 4.78 is 24.2. The summed E-state index contributed by atoms with van der Waals surface area (Å²) in [6, 6.07) is 17.3. The Hall–Kier alpha value is -4.53. The number of hydrogen-bond donors (Lipinski definition) is 1. The molecule has 0 saturated heterocycles. The minimum Gasteiger partial charge on any atom is -0.477 e. The molecule has 0 fully saturated rings. The quantitative estimate of drug-likeness (QED) is 0.256. The van der Waals surface area contributed by atoms with Crippen molar-refractivity contribution in [3.05, 3.63) is 100 Å². The predicted octanol–water partition coefficient (Wildman–Crippen LogP) is 4.73. The van der Waals surface area contributed by atoms with Crippen LogP contribution in [-0.4, -0.2) is 23.2 Å². The number of para-hydroxylation sites is 3. The van der Waals surface area contributed by atoms with Gasteiger partial charge >= 0.3 is 5.69 Å². The second-order valence-electron chi connectivity index (χ2n) is 6.70. The minimum absolute atomic E-state index is 0.0627. The molecule has 4 rings (SSSR count). The van der Waals surface area contributed by atoms with Crippen molar-refractivity contribution in [3.63, 3.8) is 0 Å². The summed E-state index contributed by atoms with van der Waals surface area (Å²) in [5.41, 5.74) is 0.400. The van der Waals surface area contributed by atoms with Crippen LogP contribution < -0.4 is 10.1 Å². The number of benzene rings is 3. The topological polar surface area (TPSA) is 112 Å². The zero-order valence-electron chi connectivity index (χ0n) is 16.4. The molecule has 0 bridgehead atoms. The molecule has 1 amide bonds. The first-order valence-corrected chi connectivity index (χ1v) is 9.42. The molecule has 0 aliphatic carbocycles. The Labute approximate surface area is 180 Å². The van der Waals surface area contributed by atoms with E-state index >= 15 is 0 Å². The number of fused-ring (bicyclic) bond motifs is 1. The van der Waals surface area contributed by atoms with E-state index in [1.807, 2.05) is 0 Å². The van der Waals surface area contributed by atoms with Crippen LogP contribution in [0.2, 0.25) is 0 Å². The fourth-order valence-corrected chi connectivity index (χ4v) is 3.11. The number of ketones is 1. The van der Waals surface area contributed by atoms with Crippen LogP contribution in [-0.2, 0) is 4.79 Å². The molecular weight excluding hydrogens is 419 g/mol. The number of carbonyl (C=O) groups excluding carboxylic acids is 2. The third-order valence-corrected chi connectivity index (χ3v) is 4.59. The van der Waals surface area contributed by atoms with Crippen LogP contribution >= 0.6 is 0 Å². The van der Waals surface area contributed by atoms with Gasteiger partial charge in [0.25, 0.3) is 5.91 Å². The van der Waals surface area contributed by atoms with Gasteiger partial charge in [0.2, 0.25) is 5.78 Å². The average Bonchev–Trinajstić information content (AvgIpc) is 3.16. The lowest BCUT2D eigenvalue weighted by Crippen LogP contribution is -2.21. The highest BCUT2D eigenvalue weighted by molar-refractivity contribution is 6.17. The highest BCUT2D eigenvalue weighted by Crippen LogP contribution is 2.33. The Balaban J connectivity index is 1.60. The van der Waals surface area contributed by atoms with Crippen LogP contribution in [0.4, 0.5) is 15.8 Å². The van der Waals surface area contributed by atoms with Crippen LogP contribution in [0.3, 0.4) is 0 Å². The Morgan fingerprint density at radius 1 is 1.00 bits per heavy atom. The number of halogens is 1. The van der Waals surface area contributed by atoms with E-state index in [0.717, 1.165) is 12.1 Å². The Morgan fingerprint density at radius 2 is 1.69 bits per heavy atom. The van der Waals surface area contributed by atoms with Crippen molar-refractivity contribution >= 4 is 34.0 Å². The highest BCUT2D eigenvalue weighted by atomic mass is 19.1. The van der Waals surface area contributed by atoms with Crippen molar-refractivity contribution in [2.24, 2.45) is 0 Å². The zero-order chi connectivity index (χ0) is 22.7. The van der Waals surface area contributed by atoms with E-state index in [-0.39, 0.29) is 28.4 Å². The third kappa shape index (κ3) is 4.17. The molecule has 160 valence electrons. The first-order valence-electron chi connectivity index (χ1n) is 9.42. The second kappa shape index (κ2) is 8.68. The van der Waals surface area contributed by atoms with E-state index in [2.05, 4.69) is 5.32 Å². The summed E-state index contributed by atoms with van der Waals surface area (Å²) in [6.45, 7) is -0.533. The zero-order valence-corrected chi connectivity index (χ0v) is 16.4. The summed E-state index contributed by atoms with van der Waals surface area (Å²) in [4.78, 5) is 36.0. The summed E-state index contributed by atoms with van der Waals surface area (Å²) in [7, 11) is 0. The Bertz CT molecular complexity index is 1330. The first kappa shape index (κ1) is 20.7. The summed E-state index contributed by atoms with van der Waals surface area (Å²) in [6.07, 6.45) is 0. The number of nitro benzene ring substituents is 1. The van der Waals surface area contributed by atoms with Crippen molar-refractivity contribution < 1.29 is 28.1 Å². The number of amides is 1. The van der Waals surface area contributed by atoms with E-state index in [4.69, 9.17) is 9.15 Å². The first-order chi connectivity index (χ1) is 15.4. The van der Waals surface area contributed by atoms with Gasteiger partial charge in [-0.05, 0) is 42.5 Å². The SMILES string of the molecule is O=C(COc1ccccc1[N+](=O)[O-])Nc1c(C(=O)c2ccc(F)cc2)oc2ccccc12. The van der Waals surface area contributed by atoms with Crippen molar-refractivity contribution in [3.8, 4) is 5.75 Å². The molecular formula is C23H15FN2O6. The lowest BCUT2D eigenvalue weighted by molar-refractivity contribution is -0.385. The van der Waals surface area contributed by atoms with Crippen LogP contribution in [0.15, 0.2) is 77.2 Å². The van der Waals surface area contributed by atoms with Gasteiger partial charge in [-0.15, -0.1) is 0 Å². The number of nitrogens with one attached hydrogen (secondary N) is 1. The summed E-state index contributed by atoms with van der Waals surface area (Å²) in [5.74, 6) is -1.88. The van der Waals surface area contributed by atoms with Crippen LogP contribution in [0, 0.1) is 15.9 Å². The molecule has 9 heteroatoms. The van der Waals surface area contributed by atoms with Crippen molar-refractivity contribution in [1.29, 1.82) is 0 Å². The number of nitrogens with zero attached hydrogens (tertiary/aromatic N) is 1. The molecule has 0 spiro atoms. The number of carbonyl (C=O) groups is 2. The molecule has 1 heterocycles. The Kier molecular flexibility index (Phi) is 5.63. The maximum absolute atomic E-state index is 13.2. The molecule has 0 unspecified atom stereocenters. The van der Waals surface area contributed by atoms with E-state index in [9.17, 15) is 24.1 Å². The Morgan fingerprint density at radius 3 is 2.44 bits per heavy atom. The number of rotatable bonds is 7. The van der Waals surface area contributed by atoms with E-state index in [0.29, 0.717) is 11.0 Å². The number of nitro groups is 1. The number of anilines is 1. The fraction of sp³-hybridized carbons (Fsp3) is 0.0435. The molecule has 0 aliphatic rings. The predicted molar refractivity (Wildman–Crippen MR) is 113 cm³/mol. The average molecular weight is 434 g/mol. The summed E-state index contributed by atoms with van der Waals surface area (Å²) in [5, 5.41) is 14.2. The highest BCUT2D eigenvalue weighted by Gasteiger charge is 2.24. The normalized spacial score (nSPS) is 10.7. The molecule has 1 aromatic heterocycles. The molecule has 3 aromatic carbocycles. The molecule has 1 N–H and O–H groups in total. The number of furan rings is 1. The van der Waals surface area contributed by atoms with Gasteiger partial charge in [0.1, 0.15) is 11.4 Å². The monoisotopic (exact) mass is 434 g/mol. The molecule has 0 atom stereocenters. The number of ether oxygens (including phenoxy) is 1.